The number of furan rings is 1. The molecule has 5 rings (SSSR count). The predicted octanol–water partition coefficient (Wildman–Crippen LogP) is 5.98. The van der Waals surface area contributed by atoms with Crippen LogP contribution in [0.2, 0.25) is 0 Å². The van der Waals surface area contributed by atoms with Gasteiger partial charge in [-0.1, -0.05) is 37.3 Å². The minimum Gasteiger partial charge on any atom is -0.451 e. The lowest BCUT2D eigenvalue weighted by molar-refractivity contribution is -0.152. The summed E-state index contributed by atoms with van der Waals surface area (Å²) < 4.78 is 43.8. The number of aryl methyl sites for hydroxylation is 2. The summed E-state index contributed by atoms with van der Waals surface area (Å²) in [6.45, 7) is 6.43. The topological polar surface area (TPSA) is 122 Å². The van der Waals surface area contributed by atoms with Crippen molar-refractivity contribution in [1.82, 2.24) is 35.8 Å². The molecule has 0 aliphatic rings. The summed E-state index contributed by atoms with van der Waals surface area (Å²) >= 11 is 0. The zero-order valence-electron chi connectivity index (χ0n) is 23.1. The summed E-state index contributed by atoms with van der Waals surface area (Å²) in [6.07, 6.45) is -0.560. The monoisotopic (exact) mass is 575 g/mol. The molecule has 0 fully saturated rings. The first kappa shape index (κ1) is 28.5. The van der Waals surface area contributed by atoms with Crippen molar-refractivity contribution in [2.24, 2.45) is 0 Å². The first-order chi connectivity index (χ1) is 20.1. The Bertz CT molecular complexity index is 1770. The summed E-state index contributed by atoms with van der Waals surface area (Å²) in [6, 6.07) is 13.3. The Morgan fingerprint density at radius 3 is 2.52 bits per heavy atom. The molecule has 0 saturated heterocycles. The average Bonchev–Trinajstić information content (AvgIpc) is 3.62. The molecule has 3 heterocycles. The number of aromatic nitrogens is 5. The highest BCUT2D eigenvalue weighted by Gasteiger charge is 2.35. The van der Waals surface area contributed by atoms with Crippen LogP contribution in [0.4, 0.5) is 13.2 Å². The SMILES string of the molecule is C/C=C(/NCc1ccc(-c2n[nH]c(C)n2)cc1CC)c1cc(C(=O)NCc2ccc3cc(C(F)(F)F)oc3c2)ncn1. The van der Waals surface area contributed by atoms with Crippen molar-refractivity contribution in [2.75, 3.05) is 0 Å². The average molecular weight is 576 g/mol. The molecule has 0 saturated carbocycles. The number of allylic oxidation sites excluding steroid dienone is 1. The van der Waals surface area contributed by atoms with E-state index in [0.29, 0.717) is 29.0 Å². The van der Waals surface area contributed by atoms with E-state index in [1.54, 1.807) is 12.1 Å². The first-order valence-corrected chi connectivity index (χ1v) is 13.3. The van der Waals surface area contributed by atoms with E-state index in [2.05, 4.69) is 48.8 Å². The number of halogens is 3. The fraction of sp³-hybridized carbons (Fsp3) is 0.233. The number of alkyl halides is 3. The molecule has 2 aromatic carbocycles. The Kier molecular flexibility index (Phi) is 8.05. The van der Waals surface area contributed by atoms with Gasteiger partial charge in [0.15, 0.2) is 5.82 Å². The van der Waals surface area contributed by atoms with Crippen molar-refractivity contribution >= 4 is 22.6 Å². The second-order valence-electron chi connectivity index (χ2n) is 9.59. The number of benzene rings is 2. The molecule has 12 heteroatoms. The van der Waals surface area contributed by atoms with Crippen molar-refractivity contribution in [3.8, 4) is 11.4 Å². The molecule has 0 spiro atoms. The molecule has 3 aromatic heterocycles. The normalized spacial score (nSPS) is 12.1. The third-order valence-corrected chi connectivity index (χ3v) is 6.69. The van der Waals surface area contributed by atoms with E-state index < -0.39 is 17.8 Å². The molecule has 3 N–H and O–H groups in total. The van der Waals surface area contributed by atoms with E-state index in [1.165, 1.54) is 18.5 Å². The van der Waals surface area contributed by atoms with E-state index in [-0.39, 0.29) is 17.8 Å². The van der Waals surface area contributed by atoms with Gasteiger partial charge in [-0.3, -0.25) is 9.89 Å². The van der Waals surface area contributed by atoms with Crippen LogP contribution in [-0.4, -0.2) is 31.1 Å². The van der Waals surface area contributed by atoms with Gasteiger partial charge in [0.2, 0.25) is 5.76 Å². The molecule has 1 amide bonds. The molecule has 42 heavy (non-hydrogen) atoms. The molecule has 5 aromatic rings. The predicted molar refractivity (Wildman–Crippen MR) is 151 cm³/mol. The summed E-state index contributed by atoms with van der Waals surface area (Å²) in [5.41, 5.74) is 5.30. The van der Waals surface area contributed by atoms with Crippen LogP contribution in [0.3, 0.4) is 0 Å². The van der Waals surface area contributed by atoms with Crippen molar-refractivity contribution in [3.05, 3.63) is 101 Å². The fourth-order valence-electron chi connectivity index (χ4n) is 4.50. The van der Waals surface area contributed by atoms with Crippen LogP contribution < -0.4 is 10.6 Å². The number of nitrogens with one attached hydrogen (secondary N) is 3. The minimum atomic E-state index is -4.57. The van der Waals surface area contributed by atoms with Gasteiger partial charge < -0.3 is 15.1 Å². The Morgan fingerprint density at radius 2 is 1.81 bits per heavy atom. The van der Waals surface area contributed by atoms with Crippen molar-refractivity contribution in [2.45, 2.75) is 46.5 Å². The molecule has 9 nitrogen and oxygen atoms in total. The number of aromatic amines is 1. The highest BCUT2D eigenvalue weighted by atomic mass is 19.4. The molecule has 0 unspecified atom stereocenters. The summed E-state index contributed by atoms with van der Waals surface area (Å²) in [5, 5.41) is 13.6. The van der Waals surface area contributed by atoms with Crippen LogP contribution in [0.1, 0.15) is 58.3 Å². The summed E-state index contributed by atoms with van der Waals surface area (Å²) in [5.74, 6) is -0.108. The second kappa shape index (κ2) is 11.9. The number of carbonyl (C=O) groups excluding carboxylic acids is 1. The molecule has 0 bridgehead atoms. The van der Waals surface area contributed by atoms with Gasteiger partial charge in [-0.25, -0.2) is 15.0 Å². The largest absolute Gasteiger partial charge is 0.451 e. The van der Waals surface area contributed by atoms with Gasteiger partial charge in [0, 0.05) is 24.0 Å². The fourth-order valence-corrected chi connectivity index (χ4v) is 4.50. The van der Waals surface area contributed by atoms with E-state index in [1.807, 2.05) is 32.1 Å². The third kappa shape index (κ3) is 6.32. The van der Waals surface area contributed by atoms with Crippen molar-refractivity contribution in [1.29, 1.82) is 0 Å². The number of hydrogen-bond acceptors (Lipinski definition) is 7. The Balaban J connectivity index is 1.24. The molecular weight excluding hydrogens is 547 g/mol. The van der Waals surface area contributed by atoms with Gasteiger partial charge >= 0.3 is 6.18 Å². The minimum absolute atomic E-state index is 0.0774. The maximum absolute atomic E-state index is 12.9. The summed E-state index contributed by atoms with van der Waals surface area (Å²) in [4.78, 5) is 25.7. The Labute approximate surface area is 239 Å². The lowest BCUT2D eigenvalue weighted by Gasteiger charge is -2.14. The molecule has 0 atom stereocenters. The Morgan fingerprint density at radius 1 is 1.00 bits per heavy atom. The van der Waals surface area contributed by atoms with E-state index in [9.17, 15) is 18.0 Å². The lowest BCUT2D eigenvalue weighted by atomic mass is 10.0. The van der Waals surface area contributed by atoms with Crippen LogP contribution in [0.15, 0.2) is 65.4 Å². The number of H-pyrrole nitrogens is 1. The zero-order valence-corrected chi connectivity index (χ0v) is 23.1. The third-order valence-electron chi connectivity index (χ3n) is 6.69. The Hall–Kier alpha value is -5.00. The quantitative estimate of drug-likeness (QED) is 0.198. The van der Waals surface area contributed by atoms with Gasteiger partial charge in [0.1, 0.15) is 23.4 Å². The first-order valence-electron chi connectivity index (χ1n) is 13.3. The smallest absolute Gasteiger partial charge is 0.449 e. The highest BCUT2D eigenvalue weighted by Crippen LogP contribution is 2.34. The number of fused-ring (bicyclic) bond motifs is 1. The van der Waals surface area contributed by atoms with Crippen molar-refractivity contribution in [3.63, 3.8) is 0 Å². The van der Waals surface area contributed by atoms with E-state index in [0.717, 1.165) is 40.7 Å². The molecule has 0 aliphatic carbocycles. The zero-order chi connectivity index (χ0) is 29.9. The van der Waals surface area contributed by atoms with Crippen molar-refractivity contribution < 1.29 is 22.4 Å². The van der Waals surface area contributed by atoms with Crippen LogP contribution in [0.25, 0.3) is 28.1 Å². The van der Waals surface area contributed by atoms with Crippen LogP contribution in [0.5, 0.6) is 0 Å². The lowest BCUT2D eigenvalue weighted by Crippen LogP contribution is -2.24. The van der Waals surface area contributed by atoms with Gasteiger partial charge in [-0.15, -0.1) is 0 Å². The summed E-state index contributed by atoms with van der Waals surface area (Å²) in [7, 11) is 0. The van der Waals surface area contributed by atoms with Gasteiger partial charge in [0.25, 0.3) is 5.91 Å². The number of rotatable bonds is 9. The van der Waals surface area contributed by atoms with Crippen LogP contribution in [-0.2, 0) is 25.7 Å². The molecular formula is C30H28F3N7O2. The van der Waals surface area contributed by atoms with Crippen LogP contribution >= 0.6 is 0 Å². The molecule has 0 aliphatic heterocycles. The maximum atomic E-state index is 12.9. The number of amides is 1. The number of carbonyl (C=O) groups is 1. The van der Waals surface area contributed by atoms with E-state index >= 15 is 0 Å². The number of hydrogen-bond donors (Lipinski definition) is 3. The maximum Gasteiger partial charge on any atom is 0.449 e. The van der Waals surface area contributed by atoms with Crippen LogP contribution in [0, 0.1) is 6.92 Å². The second-order valence-corrected chi connectivity index (χ2v) is 9.59. The highest BCUT2D eigenvalue weighted by molar-refractivity contribution is 5.92. The standard InChI is InChI=1S/C30H28F3N7O2/c1-4-19-11-21(28-38-17(3)39-40-28)8-9-22(19)15-34-23(5-2)24-13-25(37-16-36-24)29(41)35-14-18-6-7-20-12-27(30(31,32)33)42-26(20)10-18/h5-13,16,34H,4,14-15H2,1-3H3,(H,35,41)(H,38,39,40)/b23-5+. The van der Waals surface area contributed by atoms with E-state index in [4.69, 9.17) is 4.42 Å². The van der Waals surface area contributed by atoms with Gasteiger partial charge in [-0.05, 0) is 61.2 Å². The molecule has 0 radical (unpaired) electrons. The number of nitrogens with zero attached hydrogens (tertiary/aromatic N) is 4. The van der Waals surface area contributed by atoms with Gasteiger partial charge in [0.05, 0.1) is 11.4 Å². The molecule has 216 valence electrons. The van der Waals surface area contributed by atoms with Gasteiger partial charge in [-0.2, -0.15) is 18.3 Å².